The summed E-state index contributed by atoms with van der Waals surface area (Å²) in [5.41, 5.74) is 6.19. The van der Waals surface area contributed by atoms with E-state index in [1.54, 1.807) is 24.3 Å². The third-order valence-electron chi connectivity index (χ3n) is 4.87. The number of ether oxygens (including phenoxy) is 1. The minimum Gasteiger partial charge on any atom is -0.399 e. The lowest BCUT2D eigenvalue weighted by Gasteiger charge is -2.33. The largest absolute Gasteiger partial charge is 0.399 e. The highest BCUT2D eigenvalue weighted by Gasteiger charge is 2.32. The van der Waals surface area contributed by atoms with Crippen molar-refractivity contribution in [1.82, 2.24) is 4.72 Å². The van der Waals surface area contributed by atoms with Crippen molar-refractivity contribution in [2.45, 2.75) is 74.5 Å². The molecule has 1 aromatic rings. The lowest BCUT2D eigenvalue weighted by molar-refractivity contribution is -0.0391. The number of nitrogen functional groups attached to an aromatic ring is 1. The molecule has 2 saturated carbocycles. The zero-order valence-corrected chi connectivity index (χ0v) is 14.2. The van der Waals surface area contributed by atoms with Crippen LogP contribution in [0.1, 0.15) is 51.4 Å². The van der Waals surface area contributed by atoms with Crippen molar-refractivity contribution in [3.8, 4) is 0 Å². The molecule has 128 valence electrons. The highest BCUT2D eigenvalue weighted by molar-refractivity contribution is 7.89. The average Bonchev–Trinajstić information content (AvgIpc) is 3.02. The summed E-state index contributed by atoms with van der Waals surface area (Å²) in [6, 6.07) is 6.19. The second kappa shape index (κ2) is 7.20. The van der Waals surface area contributed by atoms with E-state index in [2.05, 4.69) is 4.72 Å². The Morgan fingerprint density at radius 2 is 1.57 bits per heavy atom. The Bertz CT molecular complexity index is 609. The van der Waals surface area contributed by atoms with Crippen LogP contribution in [-0.4, -0.2) is 26.7 Å². The second-order valence-corrected chi connectivity index (χ2v) is 8.38. The van der Waals surface area contributed by atoms with Gasteiger partial charge in [-0.1, -0.05) is 25.7 Å². The van der Waals surface area contributed by atoms with E-state index in [9.17, 15) is 8.42 Å². The van der Waals surface area contributed by atoms with Gasteiger partial charge in [-0.3, -0.25) is 0 Å². The third-order valence-corrected chi connectivity index (χ3v) is 6.37. The van der Waals surface area contributed by atoms with Gasteiger partial charge in [0.2, 0.25) is 10.0 Å². The van der Waals surface area contributed by atoms with E-state index in [-0.39, 0.29) is 17.0 Å². The maximum atomic E-state index is 12.6. The first-order chi connectivity index (χ1) is 11.0. The molecule has 0 saturated heterocycles. The van der Waals surface area contributed by atoms with E-state index >= 15 is 0 Å². The van der Waals surface area contributed by atoms with Crippen LogP contribution in [-0.2, 0) is 14.8 Å². The Morgan fingerprint density at radius 1 is 0.957 bits per heavy atom. The van der Waals surface area contributed by atoms with E-state index in [0.717, 1.165) is 38.5 Å². The Labute approximate surface area is 138 Å². The zero-order chi connectivity index (χ0) is 16.3. The van der Waals surface area contributed by atoms with Crippen LogP contribution in [0, 0.1) is 0 Å². The van der Waals surface area contributed by atoms with Crippen LogP contribution in [0.4, 0.5) is 5.69 Å². The van der Waals surface area contributed by atoms with E-state index in [1.807, 2.05) is 0 Å². The molecule has 0 heterocycles. The summed E-state index contributed by atoms with van der Waals surface area (Å²) < 4.78 is 34.3. The first kappa shape index (κ1) is 16.7. The molecular formula is C17H26N2O3S. The molecule has 0 radical (unpaired) electrons. The SMILES string of the molecule is Nc1ccc(S(=O)(=O)N[C@H]2CCCC[C@@H]2OC2CCCC2)cc1. The number of hydrogen-bond donors (Lipinski definition) is 2. The maximum absolute atomic E-state index is 12.6. The summed E-state index contributed by atoms with van der Waals surface area (Å²) in [7, 11) is -3.53. The van der Waals surface area contributed by atoms with E-state index < -0.39 is 10.0 Å². The second-order valence-electron chi connectivity index (χ2n) is 6.66. The summed E-state index contributed by atoms with van der Waals surface area (Å²) >= 11 is 0. The summed E-state index contributed by atoms with van der Waals surface area (Å²) in [6.07, 6.45) is 8.88. The van der Waals surface area contributed by atoms with Gasteiger partial charge in [-0.25, -0.2) is 13.1 Å². The molecule has 6 heteroatoms. The molecule has 0 aliphatic heterocycles. The molecule has 0 amide bonds. The minimum absolute atomic E-state index is 0.00425. The quantitative estimate of drug-likeness (QED) is 0.809. The molecule has 1 aromatic carbocycles. The van der Waals surface area contributed by atoms with Crippen molar-refractivity contribution in [2.75, 3.05) is 5.73 Å². The van der Waals surface area contributed by atoms with Gasteiger partial charge in [-0.15, -0.1) is 0 Å². The van der Waals surface area contributed by atoms with Gasteiger partial charge in [0.1, 0.15) is 0 Å². The van der Waals surface area contributed by atoms with Gasteiger partial charge in [0, 0.05) is 11.7 Å². The van der Waals surface area contributed by atoms with Crippen molar-refractivity contribution in [3.05, 3.63) is 24.3 Å². The number of sulfonamides is 1. The van der Waals surface area contributed by atoms with Crippen LogP contribution in [0.25, 0.3) is 0 Å². The molecule has 0 aromatic heterocycles. The van der Waals surface area contributed by atoms with Gasteiger partial charge in [0.15, 0.2) is 0 Å². The van der Waals surface area contributed by atoms with Gasteiger partial charge >= 0.3 is 0 Å². The first-order valence-electron chi connectivity index (χ1n) is 8.58. The smallest absolute Gasteiger partial charge is 0.240 e. The van der Waals surface area contributed by atoms with Gasteiger partial charge in [0.05, 0.1) is 17.1 Å². The first-order valence-corrected chi connectivity index (χ1v) is 10.1. The van der Waals surface area contributed by atoms with Crippen molar-refractivity contribution in [2.24, 2.45) is 0 Å². The molecule has 23 heavy (non-hydrogen) atoms. The molecular weight excluding hydrogens is 312 g/mol. The Morgan fingerprint density at radius 3 is 2.26 bits per heavy atom. The van der Waals surface area contributed by atoms with Gasteiger partial charge in [0.25, 0.3) is 0 Å². The summed E-state index contributed by atoms with van der Waals surface area (Å²) in [5, 5.41) is 0. The molecule has 2 aliphatic rings. The molecule has 3 N–H and O–H groups in total. The lowest BCUT2D eigenvalue weighted by atomic mass is 9.93. The van der Waals surface area contributed by atoms with Crippen molar-refractivity contribution >= 4 is 15.7 Å². The maximum Gasteiger partial charge on any atom is 0.240 e. The normalized spacial score (nSPS) is 26.4. The Kier molecular flexibility index (Phi) is 5.24. The highest BCUT2D eigenvalue weighted by Crippen LogP contribution is 2.29. The number of nitrogens with two attached hydrogens (primary N) is 1. The fraction of sp³-hybridized carbons (Fsp3) is 0.647. The number of nitrogens with one attached hydrogen (secondary N) is 1. The van der Waals surface area contributed by atoms with E-state index in [1.165, 1.54) is 12.8 Å². The predicted octanol–water partition coefficient (Wildman–Crippen LogP) is 2.82. The van der Waals surface area contributed by atoms with Crippen LogP contribution in [0.5, 0.6) is 0 Å². The van der Waals surface area contributed by atoms with Gasteiger partial charge in [-0.2, -0.15) is 0 Å². The zero-order valence-electron chi connectivity index (χ0n) is 13.4. The standard InChI is InChI=1S/C17H26N2O3S/c18-13-9-11-15(12-10-13)23(20,21)19-16-7-3-4-8-17(16)22-14-5-1-2-6-14/h9-12,14,16-17,19H,1-8,18H2/t16-,17-/m0/s1. The number of hydrogen-bond acceptors (Lipinski definition) is 4. The average molecular weight is 338 g/mol. The number of anilines is 1. The predicted molar refractivity (Wildman–Crippen MR) is 90.6 cm³/mol. The molecule has 5 nitrogen and oxygen atoms in total. The monoisotopic (exact) mass is 338 g/mol. The van der Waals surface area contributed by atoms with Crippen LogP contribution in [0.2, 0.25) is 0 Å². The fourth-order valence-electron chi connectivity index (χ4n) is 3.58. The number of benzene rings is 1. The Hall–Kier alpha value is -1.11. The minimum atomic E-state index is -3.53. The van der Waals surface area contributed by atoms with Gasteiger partial charge < -0.3 is 10.5 Å². The fourth-order valence-corrected chi connectivity index (χ4v) is 4.88. The van der Waals surface area contributed by atoms with Crippen LogP contribution in [0.15, 0.2) is 29.2 Å². The topological polar surface area (TPSA) is 81.4 Å². The van der Waals surface area contributed by atoms with Crippen molar-refractivity contribution < 1.29 is 13.2 Å². The number of rotatable bonds is 5. The van der Waals surface area contributed by atoms with Crippen LogP contribution in [0.3, 0.4) is 0 Å². The van der Waals surface area contributed by atoms with Crippen molar-refractivity contribution in [3.63, 3.8) is 0 Å². The molecule has 0 bridgehead atoms. The molecule has 0 unspecified atom stereocenters. The van der Waals surface area contributed by atoms with Crippen LogP contribution >= 0.6 is 0 Å². The highest BCUT2D eigenvalue weighted by atomic mass is 32.2. The summed E-state index contributed by atoms with van der Waals surface area (Å²) in [6.45, 7) is 0. The summed E-state index contributed by atoms with van der Waals surface area (Å²) in [5.74, 6) is 0. The van der Waals surface area contributed by atoms with Gasteiger partial charge in [-0.05, 0) is 49.9 Å². The Balaban J connectivity index is 1.69. The van der Waals surface area contributed by atoms with E-state index in [4.69, 9.17) is 10.5 Å². The third kappa shape index (κ3) is 4.25. The van der Waals surface area contributed by atoms with Crippen molar-refractivity contribution in [1.29, 1.82) is 0 Å². The lowest BCUT2D eigenvalue weighted by Crippen LogP contribution is -2.47. The van der Waals surface area contributed by atoms with E-state index in [0.29, 0.717) is 11.8 Å². The molecule has 2 atom stereocenters. The molecule has 3 rings (SSSR count). The van der Waals surface area contributed by atoms with Crippen LogP contribution < -0.4 is 10.5 Å². The molecule has 0 spiro atoms. The molecule has 2 aliphatic carbocycles. The summed E-state index contributed by atoms with van der Waals surface area (Å²) in [4.78, 5) is 0.261. The molecule has 2 fully saturated rings.